The van der Waals surface area contributed by atoms with Crippen LogP contribution in [0.25, 0.3) is 0 Å². The van der Waals surface area contributed by atoms with Crippen LogP contribution in [0.4, 0.5) is 0 Å². The van der Waals surface area contributed by atoms with Crippen LogP contribution < -0.4 is 11.1 Å². The maximum absolute atomic E-state index is 11.7. The number of carbonyl (C=O) groups is 1. The molecule has 1 heterocycles. The molecule has 1 atom stereocenters. The highest BCUT2D eigenvalue weighted by Gasteiger charge is 2.28. The fourth-order valence-corrected chi connectivity index (χ4v) is 2.34. The number of nitrogens with zero attached hydrogens (tertiary/aromatic N) is 1. The molecule has 1 amide bonds. The highest BCUT2D eigenvalue weighted by Crippen LogP contribution is 2.31. The topological polar surface area (TPSA) is 77.2 Å². The molecule has 0 bridgehead atoms. The van der Waals surface area contributed by atoms with Crippen molar-refractivity contribution in [3.63, 3.8) is 0 Å². The van der Waals surface area contributed by atoms with Gasteiger partial charge in [0.15, 0.2) is 0 Å². The van der Waals surface area contributed by atoms with Crippen LogP contribution in [0.1, 0.15) is 28.3 Å². The second-order valence-electron chi connectivity index (χ2n) is 4.27. The Hall–Kier alpha value is -0.980. The molecule has 0 aromatic carbocycles. The van der Waals surface area contributed by atoms with Crippen molar-refractivity contribution in [3.8, 4) is 0 Å². The Labute approximate surface area is 104 Å². The summed E-state index contributed by atoms with van der Waals surface area (Å²) in [5, 5.41) is 5.37. The summed E-state index contributed by atoms with van der Waals surface area (Å²) < 4.78 is 4.96. The molecule has 0 radical (unpaired) electrons. The summed E-state index contributed by atoms with van der Waals surface area (Å²) in [6.45, 7) is 0.972. The van der Waals surface area contributed by atoms with Gasteiger partial charge in [-0.05, 0) is 18.8 Å². The lowest BCUT2D eigenvalue weighted by atomic mass is 10.2. The van der Waals surface area contributed by atoms with Gasteiger partial charge in [-0.3, -0.25) is 4.79 Å². The average molecular weight is 255 g/mol. The number of ether oxygens (including phenoxy) is 1. The predicted octanol–water partition coefficient (Wildman–Crippen LogP) is 0.757. The highest BCUT2D eigenvalue weighted by molar-refractivity contribution is 7.09. The third kappa shape index (κ3) is 3.49. The highest BCUT2D eigenvalue weighted by atomic mass is 32.1. The lowest BCUT2D eigenvalue weighted by Crippen LogP contribution is -2.38. The molecular formula is C11H17N3O2S. The van der Waals surface area contributed by atoms with E-state index in [9.17, 15) is 4.79 Å². The third-order valence-electron chi connectivity index (χ3n) is 2.78. The molecule has 0 spiro atoms. The lowest BCUT2D eigenvalue weighted by Gasteiger charge is -2.10. The summed E-state index contributed by atoms with van der Waals surface area (Å²) in [4.78, 5) is 15.9. The number of methoxy groups -OCH3 is 1. The van der Waals surface area contributed by atoms with Crippen molar-refractivity contribution in [2.24, 2.45) is 11.7 Å². The Kier molecular flexibility index (Phi) is 4.09. The van der Waals surface area contributed by atoms with Crippen molar-refractivity contribution in [1.29, 1.82) is 0 Å². The molecule has 5 nitrogen and oxygen atoms in total. The van der Waals surface area contributed by atoms with E-state index in [4.69, 9.17) is 10.5 Å². The summed E-state index contributed by atoms with van der Waals surface area (Å²) in [5.74, 6) is 0.439. The van der Waals surface area contributed by atoms with Gasteiger partial charge in [0.2, 0.25) is 0 Å². The largest absolute Gasteiger partial charge is 0.378 e. The number of amides is 1. The van der Waals surface area contributed by atoms with E-state index in [2.05, 4.69) is 10.3 Å². The van der Waals surface area contributed by atoms with Gasteiger partial charge in [-0.2, -0.15) is 0 Å². The van der Waals surface area contributed by atoms with Crippen molar-refractivity contribution in [3.05, 3.63) is 16.1 Å². The second-order valence-corrected chi connectivity index (χ2v) is 5.21. The first-order valence-corrected chi connectivity index (χ1v) is 6.55. The molecule has 17 heavy (non-hydrogen) atoms. The molecule has 1 aliphatic carbocycles. The van der Waals surface area contributed by atoms with Crippen LogP contribution in [0, 0.1) is 5.92 Å². The Morgan fingerprint density at radius 1 is 1.76 bits per heavy atom. The molecule has 1 fully saturated rings. The van der Waals surface area contributed by atoms with E-state index in [1.165, 1.54) is 24.2 Å². The van der Waals surface area contributed by atoms with Crippen LogP contribution >= 0.6 is 11.3 Å². The summed E-state index contributed by atoms with van der Waals surface area (Å²) >= 11 is 1.43. The van der Waals surface area contributed by atoms with E-state index < -0.39 is 0 Å². The Morgan fingerprint density at radius 2 is 2.53 bits per heavy atom. The molecule has 94 valence electrons. The van der Waals surface area contributed by atoms with E-state index in [-0.39, 0.29) is 11.9 Å². The van der Waals surface area contributed by atoms with Crippen molar-refractivity contribution in [2.45, 2.75) is 25.5 Å². The van der Waals surface area contributed by atoms with Crippen LogP contribution in [0.5, 0.6) is 0 Å². The lowest BCUT2D eigenvalue weighted by molar-refractivity contribution is 0.0945. The quantitative estimate of drug-likeness (QED) is 0.786. The van der Waals surface area contributed by atoms with Gasteiger partial charge in [-0.1, -0.05) is 0 Å². The van der Waals surface area contributed by atoms with Crippen molar-refractivity contribution < 1.29 is 9.53 Å². The molecule has 1 unspecified atom stereocenters. The molecule has 0 aliphatic heterocycles. The zero-order chi connectivity index (χ0) is 12.3. The molecule has 2 rings (SSSR count). The maximum atomic E-state index is 11.7. The van der Waals surface area contributed by atoms with Gasteiger partial charge >= 0.3 is 0 Å². The Balaban J connectivity index is 1.81. The van der Waals surface area contributed by atoms with Gasteiger partial charge in [0, 0.05) is 25.1 Å². The first-order chi connectivity index (χ1) is 8.20. The Bertz CT molecular complexity index is 390. The number of hydrogen-bond acceptors (Lipinski definition) is 5. The fourth-order valence-electron chi connectivity index (χ4n) is 1.60. The predicted molar refractivity (Wildman–Crippen MR) is 65.9 cm³/mol. The molecule has 1 saturated carbocycles. The van der Waals surface area contributed by atoms with Crippen LogP contribution in [0.15, 0.2) is 5.38 Å². The smallest absolute Gasteiger partial charge is 0.270 e. The number of hydrogen-bond donors (Lipinski definition) is 2. The fraction of sp³-hybridized carbons (Fsp3) is 0.636. The van der Waals surface area contributed by atoms with Crippen molar-refractivity contribution in [2.75, 3.05) is 13.7 Å². The second kappa shape index (κ2) is 5.57. The summed E-state index contributed by atoms with van der Waals surface area (Å²) in [7, 11) is 1.61. The van der Waals surface area contributed by atoms with Crippen LogP contribution in [-0.2, 0) is 11.3 Å². The standard InChI is InChI=1S/C11H17N3O2S/c1-16-5-10-14-9(6-17-10)11(15)13-4-8(12)7-2-3-7/h6-8H,2-5,12H2,1H3,(H,13,15). The van der Waals surface area contributed by atoms with E-state index >= 15 is 0 Å². The van der Waals surface area contributed by atoms with E-state index in [0.717, 1.165) is 5.01 Å². The first-order valence-electron chi connectivity index (χ1n) is 5.68. The Morgan fingerprint density at radius 3 is 3.18 bits per heavy atom. The average Bonchev–Trinajstić information content (AvgIpc) is 3.07. The van der Waals surface area contributed by atoms with Crippen LogP contribution in [0.3, 0.4) is 0 Å². The summed E-state index contributed by atoms with van der Waals surface area (Å²) in [6, 6.07) is 0.0797. The zero-order valence-electron chi connectivity index (χ0n) is 9.81. The van der Waals surface area contributed by atoms with Crippen LogP contribution in [0.2, 0.25) is 0 Å². The van der Waals surface area contributed by atoms with E-state index in [0.29, 0.717) is 24.8 Å². The van der Waals surface area contributed by atoms with Gasteiger partial charge in [-0.15, -0.1) is 11.3 Å². The van der Waals surface area contributed by atoms with Crippen molar-refractivity contribution in [1.82, 2.24) is 10.3 Å². The minimum atomic E-state index is -0.153. The molecular weight excluding hydrogens is 238 g/mol. The number of carbonyl (C=O) groups excluding carboxylic acids is 1. The number of nitrogens with two attached hydrogens (primary N) is 1. The molecule has 6 heteroatoms. The first kappa shape index (κ1) is 12.5. The number of thiazole rings is 1. The van der Waals surface area contributed by atoms with Gasteiger partial charge in [0.25, 0.3) is 5.91 Å². The summed E-state index contributed by atoms with van der Waals surface area (Å²) in [6.07, 6.45) is 2.37. The van der Waals surface area contributed by atoms with Crippen LogP contribution in [-0.4, -0.2) is 30.6 Å². The molecule has 1 aromatic rings. The minimum Gasteiger partial charge on any atom is -0.378 e. The molecule has 0 saturated heterocycles. The maximum Gasteiger partial charge on any atom is 0.270 e. The van der Waals surface area contributed by atoms with E-state index in [1.807, 2.05) is 0 Å². The zero-order valence-corrected chi connectivity index (χ0v) is 10.6. The minimum absolute atomic E-state index is 0.0797. The van der Waals surface area contributed by atoms with E-state index in [1.54, 1.807) is 12.5 Å². The van der Waals surface area contributed by atoms with Gasteiger partial charge in [0.05, 0.1) is 6.61 Å². The summed E-state index contributed by atoms with van der Waals surface area (Å²) in [5.41, 5.74) is 6.35. The van der Waals surface area contributed by atoms with Gasteiger partial charge in [-0.25, -0.2) is 4.98 Å². The number of rotatable bonds is 6. The normalized spacial score (nSPS) is 16.8. The van der Waals surface area contributed by atoms with Gasteiger partial charge in [0.1, 0.15) is 10.7 Å². The third-order valence-corrected chi connectivity index (χ3v) is 3.60. The monoisotopic (exact) mass is 255 g/mol. The number of nitrogens with one attached hydrogen (secondary N) is 1. The van der Waals surface area contributed by atoms with Crippen molar-refractivity contribution >= 4 is 17.2 Å². The van der Waals surface area contributed by atoms with Gasteiger partial charge < -0.3 is 15.8 Å². The molecule has 1 aromatic heterocycles. The molecule has 1 aliphatic rings. The molecule has 3 N–H and O–H groups in total. The SMILES string of the molecule is COCc1nc(C(=O)NCC(N)C2CC2)cs1. The number of aromatic nitrogens is 1.